The maximum absolute atomic E-state index is 8.71. The molecule has 0 saturated heterocycles. The van der Waals surface area contributed by atoms with Crippen molar-refractivity contribution in [2.24, 2.45) is 0 Å². The molecule has 0 N–H and O–H groups in total. The molecule has 0 unspecified atom stereocenters. The molecule has 16 aromatic rings. The van der Waals surface area contributed by atoms with Gasteiger partial charge in [0.15, 0.2) is 0 Å². The van der Waals surface area contributed by atoms with E-state index in [0.717, 1.165) is 145 Å². The Hall–Kier alpha value is -11.7. The highest BCUT2D eigenvalue weighted by atomic mass is 15.2. The van der Waals surface area contributed by atoms with Crippen molar-refractivity contribution < 1.29 is 11.0 Å². The van der Waals surface area contributed by atoms with Crippen LogP contribution in [0.1, 0.15) is 33.2 Å². The molecule has 434 valence electrons. The fourth-order valence-electron chi connectivity index (χ4n) is 13.9. The van der Waals surface area contributed by atoms with Gasteiger partial charge in [0.25, 0.3) is 0 Å². The van der Waals surface area contributed by atoms with Crippen molar-refractivity contribution in [2.75, 3.05) is 9.80 Å². The standard InChI is InChI=1S/C88H62N4/c1-5-17-63(18-6-1)79-55-69(67-35-31-61-29-33-65(61)53-67)41-49-85(79)89(75-47-51-87-81(57-75)77-25-13-15-27-83(77)91(87)71-21-9-3-10-22-71)73-43-37-59(38-44-73)60-39-45-74(46-40-60)90(76-48-52-88-82(58-76)78-26-14-16-28-84(78)92(88)72-23-11-4-12-24-72)86-50-42-70(56-80(86)64-19-7-2-8-20-64)68-36-32-62-30-34-66(62)54-68/h1-28,31-32,35-58H,29-30,33-34H2/i29D2,30D2,33D2,34D2. The topological polar surface area (TPSA) is 16.3 Å². The summed E-state index contributed by atoms with van der Waals surface area (Å²) in [5, 5.41) is 4.48. The van der Waals surface area contributed by atoms with Gasteiger partial charge in [-0.25, -0.2) is 0 Å². The largest absolute Gasteiger partial charge is 0.310 e. The molecule has 0 amide bonds. The molecule has 0 spiro atoms. The van der Waals surface area contributed by atoms with E-state index in [9.17, 15) is 0 Å². The molecule has 2 heterocycles. The van der Waals surface area contributed by atoms with E-state index in [4.69, 9.17) is 11.0 Å². The fraction of sp³-hybridized carbons (Fsp3) is 0.0455. The SMILES string of the molecule is [2H]C1([2H])c2ccc(-c3ccc(N(c4ccc(-c5ccc(N(c6ccc7c(c6)c6ccccc6n7-c6ccccc6)c6ccc(-c7ccc8c(c7)C([2H])([2H])C8([2H])[2H])cc6-c6ccccc6)cc5)cc4)c4ccc5c(c4)c4ccccc4n5-c4ccccc4)c(-c4ccccc4)c3)cc2C1([2H])[2H]. The second kappa shape index (κ2) is 22.1. The summed E-state index contributed by atoms with van der Waals surface area (Å²) in [5.41, 5.74) is 23.1. The summed E-state index contributed by atoms with van der Waals surface area (Å²) >= 11 is 0. The van der Waals surface area contributed by atoms with Crippen LogP contribution in [0.5, 0.6) is 0 Å². The van der Waals surface area contributed by atoms with E-state index in [-0.39, 0.29) is 0 Å². The fourth-order valence-corrected chi connectivity index (χ4v) is 13.9. The minimum atomic E-state index is -2.12. The molecule has 0 atom stereocenters. The Kier molecular flexibility index (Phi) is 10.9. The van der Waals surface area contributed by atoms with E-state index in [1.165, 1.54) is 0 Å². The molecular weight excluding hydrogens is 1110 g/mol. The Morgan fingerprint density at radius 2 is 0.554 bits per heavy atom. The lowest BCUT2D eigenvalue weighted by molar-refractivity contribution is 0.840. The number of fused-ring (bicyclic) bond motifs is 8. The Balaban J connectivity index is 0.776. The van der Waals surface area contributed by atoms with E-state index >= 15 is 0 Å². The molecule has 0 fully saturated rings. The van der Waals surface area contributed by atoms with Crippen molar-refractivity contribution in [3.63, 3.8) is 0 Å². The number of hydrogen-bond donors (Lipinski definition) is 0. The molecular formula is C88H62N4. The van der Waals surface area contributed by atoms with E-state index in [2.05, 4.69) is 262 Å². The maximum Gasteiger partial charge on any atom is 0.0542 e. The summed E-state index contributed by atoms with van der Waals surface area (Å²) in [6, 6.07) is 114. The molecule has 92 heavy (non-hydrogen) atoms. The van der Waals surface area contributed by atoms with Crippen LogP contribution < -0.4 is 9.80 Å². The Bertz CT molecular complexity index is 5550. The Morgan fingerprint density at radius 3 is 0.978 bits per heavy atom. The van der Waals surface area contributed by atoms with Gasteiger partial charge in [0.05, 0.1) is 33.4 Å². The van der Waals surface area contributed by atoms with Crippen molar-refractivity contribution in [3.8, 4) is 67.0 Å². The van der Waals surface area contributed by atoms with Gasteiger partial charge < -0.3 is 18.9 Å². The van der Waals surface area contributed by atoms with Gasteiger partial charge in [0.2, 0.25) is 0 Å². The minimum absolute atomic E-state index is 0.376. The van der Waals surface area contributed by atoms with Gasteiger partial charge in [-0.05, 0) is 214 Å². The molecule has 2 aliphatic carbocycles. The summed E-state index contributed by atoms with van der Waals surface area (Å²) in [6.45, 7) is 0. The van der Waals surface area contributed by atoms with Crippen LogP contribution in [0.3, 0.4) is 0 Å². The Labute approximate surface area is 547 Å². The molecule has 2 aliphatic rings. The summed E-state index contributed by atoms with van der Waals surface area (Å²) in [7, 11) is 0. The van der Waals surface area contributed by atoms with Gasteiger partial charge in [-0.2, -0.15) is 0 Å². The zero-order valence-corrected chi connectivity index (χ0v) is 50.0. The summed E-state index contributed by atoms with van der Waals surface area (Å²) in [6.07, 6.45) is -8.37. The van der Waals surface area contributed by atoms with Crippen LogP contribution in [0, 0.1) is 0 Å². The zero-order valence-electron chi connectivity index (χ0n) is 58.0. The highest BCUT2D eigenvalue weighted by molar-refractivity contribution is 6.12. The lowest BCUT2D eigenvalue weighted by Gasteiger charge is -2.29. The van der Waals surface area contributed by atoms with Gasteiger partial charge in [0.1, 0.15) is 0 Å². The molecule has 0 aliphatic heterocycles. The highest BCUT2D eigenvalue weighted by Crippen LogP contribution is 2.48. The average Bonchev–Trinajstić information content (AvgIpc) is 1.18. The lowest BCUT2D eigenvalue weighted by atomic mass is 9.85. The first-order valence-corrected chi connectivity index (χ1v) is 31.3. The van der Waals surface area contributed by atoms with E-state index in [0.29, 0.717) is 22.3 Å². The number of aryl methyl sites for hydroxylation is 4. The van der Waals surface area contributed by atoms with Crippen LogP contribution >= 0.6 is 0 Å². The predicted molar refractivity (Wildman–Crippen MR) is 386 cm³/mol. The zero-order chi connectivity index (χ0) is 67.8. The van der Waals surface area contributed by atoms with Crippen LogP contribution in [0.4, 0.5) is 34.1 Å². The second-order valence-corrected chi connectivity index (χ2v) is 23.8. The molecule has 0 bridgehead atoms. The average molecular weight is 1180 g/mol. The number of nitrogens with zero attached hydrogens (tertiary/aromatic N) is 4. The molecule has 4 nitrogen and oxygen atoms in total. The molecule has 0 radical (unpaired) electrons. The number of para-hydroxylation sites is 4. The van der Waals surface area contributed by atoms with Crippen LogP contribution in [0.25, 0.3) is 111 Å². The van der Waals surface area contributed by atoms with Gasteiger partial charge in [-0.15, -0.1) is 0 Å². The quantitative estimate of drug-likeness (QED) is 0.114. The third-order valence-electron chi connectivity index (χ3n) is 18.5. The molecule has 0 saturated carbocycles. The second-order valence-electron chi connectivity index (χ2n) is 23.8. The number of anilines is 6. The van der Waals surface area contributed by atoms with Crippen molar-refractivity contribution in [1.29, 1.82) is 0 Å². The molecule has 14 aromatic carbocycles. The summed E-state index contributed by atoms with van der Waals surface area (Å²) < 4.78 is 73.5. The first kappa shape index (κ1) is 45.5. The normalized spacial score (nSPS) is 15.9. The van der Waals surface area contributed by atoms with Gasteiger partial charge in [0, 0.05) is 77.8 Å². The molecule has 4 heteroatoms. The van der Waals surface area contributed by atoms with E-state index < -0.39 is 25.5 Å². The van der Waals surface area contributed by atoms with Gasteiger partial charge in [-0.1, -0.05) is 206 Å². The monoisotopic (exact) mass is 1180 g/mol. The number of rotatable bonds is 13. The molecule has 18 rings (SSSR count). The number of hydrogen-bond acceptors (Lipinski definition) is 2. The summed E-state index contributed by atoms with van der Waals surface area (Å²) in [5.74, 6) is 0. The maximum atomic E-state index is 8.71. The smallest absolute Gasteiger partial charge is 0.0542 e. The Morgan fingerprint density at radius 1 is 0.228 bits per heavy atom. The highest BCUT2D eigenvalue weighted by Gasteiger charge is 2.25. The first-order chi connectivity index (χ1) is 48.6. The van der Waals surface area contributed by atoms with Gasteiger partial charge >= 0.3 is 0 Å². The van der Waals surface area contributed by atoms with Crippen molar-refractivity contribution in [2.45, 2.75) is 25.5 Å². The third kappa shape index (κ3) is 9.13. The lowest BCUT2D eigenvalue weighted by Crippen LogP contribution is -2.12. The number of benzene rings is 14. The van der Waals surface area contributed by atoms with Gasteiger partial charge in [-0.3, -0.25) is 0 Å². The summed E-state index contributed by atoms with van der Waals surface area (Å²) in [4.78, 5) is 4.67. The van der Waals surface area contributed by atoms with Crippen molar-refractivity contribution in [3.05, 3.63) is 350 Å². The van der Waals surface area contributed by atoms with Crippen LogP contribution in [0.2, 0.25) is 0 Å². The van der Waals surface area contributed by atoms with Crippen molar-refractivity contribution in [1.82, 2.24) is 9.13 Å². The minimum Gasteiger partial charge on any atom is -0.310 e. The van der Waals surface area contributed by atoms with Crippen LogP contribution in [-0.4, -0.2) is 9.13 Å². The molecule has 2 aromatic heterocycles. The predicted octanol–water partition coefficient (Wildman–Crippen LogP) is 23.4. The van der Waals surface area contributed by atoms with Crippen molar-refractivity contribution >= 4 is 77.7 Å². The van der Waals surface area contributed by atoms with E-state index in [1.54, 1.807) is 12.1 Å². The number of aromatic nitrogens is 2. The third-order valence-corrected chi connectivity index (χ3v) is 18.5. The van der Waals surface area contributed by atoms with Crippen LogP contribution in [0.15, 0.2) is 328 Å². The van der Waals surface area contributed by atoms with E-state index in [1.807, 2.05) is 72.8 Å². The first-order valence-electron chi connectivity index (χ1n) is 35.3. The van der Waals surface area contributed by atoms with Crippen LogP contribution in [-0.2, 0) is 25.5 Å².